The van der Waals surface area contributed by atoms with Crippen molar-refractivity contribution in [1.29, 1.82) is 0 Å². The summed E-state index contributed by atoms with van der Waals surface area (Å²) in [5.41, 5.74) is 8.27. The summed E-state index contributed by atoms with van der Waals surface area (Å²) in [5, 5.41) is 4.34. The van der Waals surface area contributed by atoms with Gasteiger partial charge < -0.3 is 10.5 Å². The Hall–Kier alpha value is -2.89. The van der Waals surface area contributed by atoms with Crippen LogP contribution in [0.3, 0.4) is 0 Å². The number of methoxy groups -OCH3 is 1. The topological polar surface area (TPSA) is 82.5 Å². The van der Waals surface area contributed by atoms with Crippen molar-refractivity contribution in [3.63, 3.8) is 0 Å². The lowest BCUT2D eigenvalue weighted by Crippen LogP contribution is -2.02. The molecule has 0 radical (unpaired) electrons. The van der Waals surface area contributed by atoms with Crippen LogP contribution in [0.25, 0.3) is 17.0 Å². The zero-order chi connectivity index (χ0) is 14.1. The number of nitrogen functional groups attached to an aromatic ring is 1. The van der Waals surface area contributed by atoms with Gasteiger partial charge >= 0.3 is 5.97 Å². The minimum Gasteiger partial charge on any atom is -0.465 e. The van der Waals surface area contributed by atoms with Crippen LogP contribution < -0.4 is 5.73 Å². The maximum absolute atomic E-state index is 11.5. The van der Waals surface area contributed by atoms with Gasteiger partial charge in [-0.3, -0.25) is 0 Å². The number of rotatable bonds is 2. The molecule has 0 aliphatic carbocycles. The second kappa shape index (κ2) is 4.65. The third-order valence-electron chi connectivity index (χ3n) is 2.96. The van der Waals surface area contributed by atoms with E-state index in [-0.39, 0.29) is 0 Å². The minimum absolute atomic E-state index is 0.406. The molecule has 0 unspecified atom stereocenters. The van der Waals surface area contributed by atoms with E-state index in [9.17, 15) is 4.79 Å². The molecule has 0 aliphatic heterocycles. The van der Waals surface area contributed by atoms with Crippen LogP contribution in [0.15, 0.2) is 42.6 Å². The van der Waals surface area contributed by atoms with Gasteiger partial charge in [-0.15, -0.1) is 5.10 Å². The summed E-state index contributed by atoms with van der Waals surface area (Å²) in [6.45, 7) is 0. The Morgan fingerprint density at radius 1 is 1.30 bits per heavy atom. The van der Waals surface area contributed by atoms with Crippen LogP contribution in [0, 0.1) is 0 Å². The highest BCUT2D eigenvalue weighted by molar-refractivity contribution is 5.90. The number of para-hydroxylation sites is 1. The van der Waals surface area contributed by atoms with Crippen molar-refractivity contribution in [2.75, 3.05) is 12.8 Å². The lowest BCUT2D eigenvalue weighted by molar-refractivity contribution is 0.0600. The van der Waals surface area contributed by atoms with Crippen molar-refractivity contribution < 1.29 is 9.53 Å². The molecule has 0 spiro atoms. The zero-order valence-electron chi connectivity index (χ0n) is 10.8. The first-order valence-electron chi connectivity index (χ1n) is 5.98. The van der Waals surface area contributed by atoms with Gasteiger partial charge in [0.15, 0.2) is 11.5 Å². The largest absolute Gasteiger partial charge is 0.465 e. The summed E-state index contributed by atoms with van der Waals surface area (Å²) in [4.78, 5) is 15.9. The van der Waals surface area contributed by atoms with Crippen molar-refractivity contribution in [2.45, 2.75) is 0 Å². The van der Waals surface area contributed by atoms with Crippen molar-refractivity contribution in [2.24, 2.45) is 0 Å². The van der Waals surface area contributed by atoms with E-state index in [0.717, 1.165) is 5.56 Å². The number of hydrogen-bond donors (Lipinski definition) is 1. The highest BCUT2D eigenvalue weighted by Crippen LogP contribution is 2.22. The van der Waals surface area contributed by atoms with Crippen molar-refractivity contribution in [3.05, 3.63) is 48.2 Å². The molecule has 20 heavy (non-hydrogen) atoms. The molecule has 0 atom stereocenters. The lowest BCUT2D eigenvalue weighted by Gasteiger charge is -1.98. The number of nitrogens with zero attached hydrogens (tertiary/aromatic N) is 3. The SMILES string of the molecule is COC(=O)c1ccn2nc(-c3ccccc3N)nc2c1. The number of ether oxygens (including phenoxy) is 1. The highest BCUT2D eigenvalue weighted by atomic mass is 16.5. The van der Waals surface area contributed by atoms with E-state index in [2.05, 4.69) is 14.8 Å². The Balaban J connectivity index is 2.12. The first-order valence-corrected chi connectivity index (χ1v) is 5.98. The predicted octanol–water partition coefficient (Wildman–Crippen LogP) is 1.77. The standard InChI is InChI=1S/C14H12N4O2/c1-20-14(19)9-6-7-18-12(8-9)16-13(17-18)10-4-2-3-5-11(10)15/h2-8H,15H2,1H3. The van der Waals surface area contributed by atoms with Crippen LogP contribution in [0.4, 0.5) is 5.69 Å². The molecule has 0 saturated heterocycles. The minimum atomic E-state index is -0.406. The van der Waals surface area contributed by atoms with Crippen LogP contribution in [0.5, 0.6) is 0 Å². The van der Waals surface area contributed by atoms with Crippen molar-refractivity contribution >= 4 is 17.3 Å². The van der Waals surface area contributed by atoms with Gasteiger partial charge in [-0.1, -0.05) is 12.1 Å². The Kier molecular flexibility index (Phi) is 2.83. The van der Waals surface area contributed by atoms with Gasteiger partial charge in [0, 0.05) is 17.4 Å². The monoisotopic (exact) mass is 268 g/mol. The normalized spacial score (nSPS) is 10.7. The molecule has 0 bridgehead atoms. The summed E-state index contributed by atoms with van der Waals surface area (Å²) in [6, 6.07) is 10.6. The van der Waals surface area contributed by atoms with Crippen LogP contribution in [-0.2, 0) is 4.74 Å². The Labute approximate surface area is 114 Å². The van der Waals surface area contributed by atoms with E-state index in [4.69, 9.17) is 5.73 Å². The molecule has 1 aromatic carbocycles. The van der Waals surface area contributed by atoms with Gasteiger partial charge in [0.1, 0.15) is 0 Å². The molecule has 0 aliphatic rings. The number of carbonyl (C=O) groups excluding carboxylic acids is 1. The number of hydrogen-bond acceptors (Lipinski definition) is 5. The number of carbonyl (C=O) groups is 1. The van der Waals surface area contributed by atoms with Crippen molar-refractivity contribution in [1.82, 2.24) is 14.6 Å². The first-order chi connectivity index (χ1) is 9.69. The fraction of sp³-hybridized carbons (Fsp3) is 0.0714. The van der Waals surface area contributed by atoms with E-state index < -0.39 is 5.97 Å². The van der Waals surface area contributed by atoms with Gasteiger partial charge in [-0.2, -0.15) is 0 Å². The summed E-state index contributed by atoms with van der Waals surface area (Å²) in [7, 11) is 1.34. The van der Waals surface area contributed by atoms with Gasteiger partial charge in [0.2, 0.25) is 0 Å². The molecule has 3 aromatic rings. The van der Waals surface area contributed by atoms with Crippen LogP contribution in [0.1, 0.15) is 10.4 Å². The molecule has 6 nitrogen and oxygen atoms in total. The quantitative estimate of drug-likeness (QED) is 0.565. The van der Waals surface area contributed by atoms with E-state index in [1.165, 1.54) is 7.11 Å². The summed E-state index contributed by atoms with van der Waals surface area (Å²) < 4.78 is 6.27. The summed E-state index contributed by atoms with van der Waals surface area (Å²) in [5.74, 6) is 0.112. The lowest BCUT2D eigenvalue weighted by atomic mass is 10.2. The summed E-state index contributed by atoms with van der Waals surface area (Å²) in [6.07, 6.45) is 1.66. The molecule has 100 valence electrons. The van der Waals surface area contributed by atoms with E-state index in [0.29, 0.717) is 22.7 Å². The fourth-order valence-corrected chi connectivity index (χ4v) is 1.94. The Morgan fingerprint density at radius 2 is 2.10 bits per heavy atom. The molecule has 6 heteroatoms. The molecule has 2 N–H and O–H groups in total. The van der Waals surface area contributed by atoms with E-state index in [1.54, 1.807) is 28.9 Å². The smallest absolute Gasteiger partial charge is 0.338 e. The number of esters is 1. The predicted molar refractivity (Wildman–Crippen MR) is 74.2 cm³/mol. The van der Waals surface area contributed by atoms with Gasteiger partial charge in [-0.05, 0) is 24.3 Å². The number of pyridine rings is 1. The van der Waals surface area contributed by atoms with Gasteiger partial charge in [0.25, 0.3) is 0 Å². The number of aromatic nitrogens is 3. The summed E-state index contributed by atoms with van der Waals surface area (Å²) >= 11 is 0. The maximum atomic E-state index is 11.5. The second-order valence-corrected chi connectivity index (χ2v) is 4.23. The average molecular weight is 268 g/mol. The molecule has 2 aromatic heterocycles. The van der Waals surface area contributed by atoms with E-state index in [1.807, 2.05) is 18.2 Å². The molecule has 2 heterocycles. The van der Waals surface area contributed by atoms with Crippen LogP contribution in [-0.4, -0.2) is 27.7 Å². The number of anilines is 1. The zero-order valence-corrected chi connectivity index (χ0v) is 10.8. The number of nitrogens with two attached hydrogens (primary N) is 1. The van der Waals surface area contributed by atoms with Gasteiger partial charge in [-0.25, -0.2) is 14.3 Å². The Morgan fingerprint density at radius 3 is 2.85 bits per heavy atom. The van der Waals surface area contributed by atoms with E-state index >= 15 is 0 Å². The fourth-order valence-electron chi connectivity index (χ4n) is 1.94. The molecule has 0 saturated carbocycles. The second-order valence-electron chi connectivity index (χ2n) is 4.23. The molecular weight excluding hydrogens is 256 g/mol. The number of benzene rings is 1. The third-order valence-corrected chi connectivity index (χ3v) is 2.96. The third kappa shape index (κ3) is 1.97. The average Bonchev–Trinajstić information content (AvgIpc) is 2.89. The van der Waals surface area contributed by atoms with Gasteiger partial charge in [0.05, 0.1) is 12.7 Å². The molecule has 3 rings (SSSR count). The van der Waals surface area contributed by atoms with Crippen LogP contribution in [0.2, 0.25) is 0 Å². The Bertz CT molecular complexity index is 795. The maximum Gasteiger partial charge on any atom is 0.338 e. The molecule has 0 amide bonds. The highest BCUT2D eigenvalue weighted by Gasteiger charge is 2.11. The first kappa shape index (κ1) is 12.2. The van der Waals surface area contributed by atoms with Crippen LogP contribution >= 0.6 is 0 Å². The molecular formula is C14H12N4O2. The number of fused-ring (bicyclic) bond motifs is 1. The molecule has 0 fully saturated rings. The van der Waals surface area contributed by atoms with Crippen molar-refractivity contribution in [3.8, 4) is 11.4 Å².